The molecule has 188 valence electrons. The molecular formula is C28H25N9O. The zero-order valence-corrected chi connectivity index (χ0v) is 21.1. The van der Waals surface area contributed by atoms with Crippen LogP contribution in [0.4, 0.5) is 5.69 Å². The smallest absolute Gasteiger partial charge is 0.224 e. The number of aromatic nitrogens is 8. The molecule has 6 rings (SSSR count). The number of hydrogen-bond acceptors (Lipinski definition) is 7. The van der Waals surface area contributed by atoms with Gasteiger partial charge in [-0.3, -0.25) is 24.8 Å². The van der Waals surface area contributed by atoms with Crippen LogP contribution in [-0.4, -0.2) is 46.0 Å². The number of nitrogens with one attached hydrogen (secondary N) is 3. The Morgan fingerprint density at radius 2 is 1.82 bits per heavy atom. The van der Waals surface area contributed by atoms with Crippen molar-refractivity contribution in [2.45, 2.75) is 27.2 Å². The van der Waals surface area contributed by atoms with Gasteiger partial charge in [-0.25, -0.2) is 9.97 Å². The van der Waals surface area contributed by atoms with Gasteiger partial charge in [0.05, 0.1) is 34.7 Å². The molecule has 38 heavy (non-hydrogen) atoms. The zero-order valence-electron chi connectivity index (χ0n) is 21.1. The lowest BCUT2D eigenvalue weighted by Crippen LogP contribution is -2.19. The number of aromatic amines is 2. The van der Waals surface area contributed by atoms with Crippen LogP contribution in [0.15, 0.2) is 67.5 Å². The van der Waals surface area contributed by atoms with E-state index in [1.807, 2.05) is 51.1 Å². The SMILES string of the molecule is CC(C)(C)CC(=O)Nc1cncc(-c2cnc3[nH]nc(-c4nc5c(-c6ccccn6)cncc5[nH]4)c3c2)c1. The Balaban J connectivity index is 1.36. The molecule has 0 spiro atoms. The van der Waals surface area contributed by atoms with Crippen molar-refractivity contribution >= 4 is 33.7 Å². The number of H-pyrrole nitrogens is 2. The minimum Gasteiger partial charge on any atom is -0.335 e. The topological polar surface area (TPSA) is 138 Å². The van der Waals surface area contributed by atoms with Crippen LogP contribution in [0.5, 0.6) is 0 Å². The van der Waals surface area contributed by atoms with E-state index in [0.717, 1.165) is 38.8 Å². The third-order valence-corrected chi connectivity index (χ3v) is 6.02. The maximum atomic E-state index is 12.4. The number of anilines is 1. The van der Waals surface area contributed by atoms with Gasteiger partial charge in [0, 0.05) is 47.9 Å². The number of amides is 1. The Morgan fingerprint density at radius 1 is 0.974 bits per heavy atom. The van der Waals surface area contributed by atoms with E-state index in [2.05, 4.69) is 40.4 Å². The second kappa shape index (κ2) is 9.15. The van der Waals surface area contributed by atoms with Crippen molar-refractivity contribution < 1.29 is 4.79 Å². The third-order valence-electron chi connectivity index (χ3n) is 6.02. The molecule has 0 aliphatic heterocycles. The van der Waals surface area contributed by atoms with Gasteiger partial charge in [0.2, 0.25) is 5.91 Å². The molecule has 0 atom stereocenters. The first-order valence-electron chi connectivity index (χ1n) is 12.2. The van der Waals surface area contributed by atoms with Crippen molar-refractivity contribution in [3.05, 3.63) is 67.5 Å². The second-order valence-electron chi connectivity index (χ2n) is 10.3. The van der Waals surface area contributed by atoms with Crippen molar-refractivity contribution in [2.75, 3.05) is 5.32 Å². The lowest BCUT2D eigenvalue weighted by atomic mass is 9.92. The molecule has 0 aliphatic rings. The summed E-state index contributed by atoms with van der Waals surface area (Å²) in [5.74, 6) is 0.545. The summed E-state index contributed by atoms with van der Waals surface area (Å²) < 4.78 is 0. The van der Waals surface area contributed by atoms with E-state index in [-0.39, 0.29) is 11.3 Å². The molecule has 6 heterocycles. The van der Waals surface area contributed by atoms with E-state index < -0.39 is 0 Å². The largest absolute Gasteiger partial charge is 0.335 e. The quantitative estimate of drug-likeness (QED) is 0.286. The minimum absolute atomic E-state index is 0.0494. The van der Waals surface area contributed by atoms with Crippen LogP contribution < -0.4 is 5.32 Å². The van der Waals surface area contributed by atoms with Gasteiger partial charge in [0.25, 0.3) is 0 Å². The Bertz CT molecular complexity index is 1780. The molecule has 0 aliphatic carbocycles. The van der Waals surface area contributed by atoms with E-state index >= 15 is 0 Å². The molecule has 0 bridgehead atoms. The number of rotatable bonds is 5. The van der Waals surface area contributed by atoms with Gasteiger partial charge < -0.3 is 10.3 Å². The minimum atomic E-state index is -0.104. The second-order valence-corrected chi connectivity index (χ2v) is 10.3. The Labute approximate surface area is 218 Å². The standard InChI is InChI=1S/C28H25N9O/c1-28(2,3)10-23(38)33-18-8-16(11-29-13-18)17-9-19-25(36-37-26(19)32-12-17)27-34-22-15-30-14-20(24(22)35-27)21-6-4-5-7-31-21/h4-9,11-15H,10H2,1-3H3,(H,33,38)(H,34,35)(H,32,36,37). The molecule has 3 N–H and O–H groups in total. The van der Waals surface area contributed by atoms with E-state index in [4.69, 9.17) is 4.98 Å². The highest BCUT2D eigenvalue weighted by molar-refractivity contribution is 5.96. The van der Waals surface area contributed by atoms with Crippen molar-refractivity contribution in [1.82, 2.24) is 40.1 Å². The molecule has 10 heteroatoms. The first kappa shape index (κ1) is 23.4. The lowest BCUT2D eigenvalue weighted by Gasteiger charge is -2.17. The maximum Gasteiger partial charge on any atom is 0.224 e. The van der Waals surface area contributed by atoms with Crippen molar-refractivity contribution in [2.24, 2.45) is 5.41 Å². The van der Waals surface area contributed by atoms with Crippen LogP contribution in [-0.2, 0) is 4.79 Å². The van der Waals surface area contributed by atoms with Gasteiger partial charge in [0.1, 0.15) is 11.2 Å². The van der Waals surface area contributed by atoms with Gasteiger partial charge in [0.15, 0.2) is 11.5 Å². The molecule has 0 aromatic carbocycles. The average molecular weight is 504 g/mol. The molecule has 0 fully saturated rings. The fraction of sp³-hybridized carbons (Fsp3) is 0.179. The summed E-state index contributed by atoms with van der Waals surface area (Å²) in [4.78, 5) is 38.3. The van der Waals surface area contributed by atoms with E-state index in [1.165, 1.54) is 0 Å². The van der Waals surface area contributed by atoms with Crippen molar-refractivity contribution in [3.8, 4) is 33.9 Å². The summed E-state index contributed by atoms with van der Waals surface area (Å²) in [6.45, 7) is 6.09. The summed E-state index contributed by atoms with van der Waals surface area (Å²) in [7, 11) is 0. The van der Waals surface area contributed by atoms with Gasteiger partial charge in [-0.1, -0.05) is 26.8 Å². The Kier molecular flexibility index (Phi) is 5.64. The molecule has 0 radical (unpaired) electrons. The van der Waals surface area contributed by atoms with Crippen LogP contribution in [0, 0.1) is 5.41 Å². The monoisotopic (exact) mass is 503 g/mol. The summed E-state index contributed by atoms with van der Waals surface area (Å²) in [5, 5.41) is 11.2. The number of carbonyl (C=O) groups is 1. The number of imidazole rings is 1. The molecule has 0 saturated carbocycles. The molecule has 10 nitrogen and oxygen atoms in total. The summed E-state index contributed by atoms with van der Waals surface area (Å²) in [6, 6.07) is 9.62. The van der Waals surface area contributed by atoms with Crippen LogP contribution >= 0.6 is 0 Å². The molecule has 6 aromatic heterocycles. The summed E-state index contributed by atoms with van der Waals surface area (Å²) in [6.07, 6.45) is 10.8. The molecular weight excluding hydrogens is 478 g/mol. The predicted octanol–water partition coefficient (Wildman–Crippen LogP) is 5.39. The molecule has 0 unspecified atom stereocenters. The van der Waals surface area contributed by atoms with Gasteiger partial charge >= 0.3 is 0 Å². The van der Waals surface area contributed by atoms with Crippen molar-refractivity contribution in [1.29, 1.82) is 0 Å². The highest BCUT2D eigenvalue weighted by atomic mass is 16.1. The first-order valence-corrected chi connectivity index (χ1v) is 12.2. The number of pyridine rings is 4. The van der Waals surface area contributed by atoms with Crippen LogP contribution in [0.3, 0.4) is 0 Å². The normalized spacial score (nSPS) is 11.8. The first-order chi connectivity index (χ1) is 18.3. The zero-order chi connectivity index (χ0) is 26.3. The predicted molar refractivity (Wildman–Crippen MR) is 146 cm³/mol. The number of carbonyl (C=O) groups excluding carboxylic acids is 1. The number of nitrogens with zero attached hydrogens (tertiary/aromatic N) is 6. The molecule has 1 amide bonds. The lowest BCUT2D eigenvalue weighted by molar-refractivity contribution is -0.117. The van der Waals surface area contributed by atoms with Gasteiger partial charge in [-0.15, -0.1) is 0 Å². The van der Waals surface area contributed by atoms with E-state index in [0.29, 0.717) is 29.3 Å². The molecule has 6 aromatic rings. The Hall–Kier alpha value is -4.99. The van der Waals surface area contributed by atoms with E-state index in [9.17, 15) is 4.79 Å². The average Bonchev–Trinajstić information content (AvgIpc) is 3.51. The van der Waals surface area contributed by atoms with E-state index in [1.54, 1.807) is 37.2 Å². The van der Waals surface area contributed by atoms with Gasteiger partial charge in [-0.2, -0.15) is 5.10 Å². The Morgan fingerprint density at radius 3 is 2.63 bits per heavy atom. The number of hydrogen-bond donors (Lipinski definition) is 3. The summed E-state index contributed by atoms with van der Waals surface area (Å²) in [5.41, 5.74) is 6.64. The van der Waals surface area contributed by atoms with Crippen molar-refractivity contribution in [3.63, 3.8) is 0 Å². The number of fused-ring (bicyclic) bond motifs is 2. The highest BCUT2D eigenvalue weighted by Gasteiger charge is 2.18. The van der Waals surface area contributed by atoms with Crippen LogP contribution in [0.1, 0.15) is 27.2 Å². The van der Waals surface area contributed by atoms with Crippen LogP contribution in [0.25, 0.3) is 56.0 Å². The van der Waals surface area contributed by atoms with Crippen LogP contribution in [0.2, 0.25) is 0 Å². The highest BCUT2D eigenvalue weighted by Crippen LogP contribution is 2.32. The third kappa shape index (κ3) is 4.59. The fourth-order valence-corrected chi connectivity index (χ4v) is 4.35. The fourth-order valence-electron chi connectivity index (χ4n) is 4.35. The van der Waals surface area contributed by atoms with Gasteiger partial charge in [-0.05, 0) is 29.7 Å². The molecule has 0 saturated heterocycles. The summed E-state index contributed by atoms with van der Waals surface area (Å²) >= 11 is 0. The maximum absolute atomic E-state index is 12.4.